The van der Waals surface area contributed by atoms with Crippen LogP contribution in [0, 0.1) is 12.7 Å². The number of pyridine rings is 1. The van der Waals surface area contributed by atoms with Gasteiger partial charge in [-0.25, -0.2) is 4.39 Å². The first kappa shape index (κ1) is 20.3. The van der Waals surface area contributed by atoms with E-state index in [2.05, 4.69) is 23.2 Å². The van der Waals surface area contributed by atoms with E-state index >= 15 is 0 Å². The minimum Gasteiger partial charge on any atom is -0.307 e. The van der Waals surface area contributed by atoms with Crippen molar-refractivity contribution >= 4 is 23.4 Å². The lowest BCUT2D eigenvalue weighted by molar-refractivity contribution is 0.0982. The molecule has 5 rings (SSSR count). The summed E-state index contributed by atoms with van der Waals surface area (Å²) in [4.78, 5) is 21.8. The highest BCUT2D eigenvalue weighted by molar-refractivity contribution is 7.99. The van der Waals surface area contributed by atoms with Crippen LogP contribution in [-0.4, -0.2) is 17.4 Å². The maximum atomic E-state index is 13.5. The molecule has 0 N–H and O–H groups in total. The van der Waals surface area contributed by atoms with Crippen molar-refractivity contribution in [2.45, 2.75) is 54.2 Å². The van der Waals surface area contributed by atoms with E-state index in [-0.39, 0.29) is 17.1 Å². The Morgan fingerprint density at radius 1 is 1.00 bits per heavy atom. The Kier molecular flexibility index (Phi) is 5.30. The van der Waals surface area contributed by atoms with E-state index in [1.165, 1.54) is 37.0 Å². The number of fused-ring (bicyclic) bond motifs is 2. The third kappa shape index (κ3) is 3.87. The molecule has 1 amide bonds. The number of nitrogens with zero attached hydrogens (tertiary/aromatic N) is 2. The van der Waals surface area contributed by atoms with Crippen molar-refractivity contribution in [1.82, 2.24) is 4.98 Å². The summed E-state index contributed by atoms with van der Waals surface area (Å²) in [6.07, 6.45) is 7.60. The lowest BCUT2D eigenvalue weighted by atomic mass is 9.71. The van der Waals surface area contributed by atoms with E-state index in [4.69, 9.17) is 0 Å². The summed E-state index contributed by atoms with van der Waals surface area (Å²) in [6, 6.07) is 16.7. The van der Waals surface area contributed by atoms with Gasteiger partial charge in [0.05, 0.1) is 0 Å². The number of aromatic nitrogens is 1. The van der Waals surface area contributed by atoms with E-state index in [9.17, 15) is 9.18 Å². The zero-order valence-corrected chi connectivity index (χ0v) is 18.4. The molecule has 3 aromatic rings. The predicted molar refractivity (Wildman–Crippen MR) is 122 cm³/mol. The first-order valence-electron chi connectivity index (χ1n) is 10.9. The van der Waals surface area contributed by atoms with Crippen LogP contribution in [0.2, 0.25) is 0 Å². The van der Waals surface area contributed by atoms with Crippen molar-refractivity contribution in [1.29, 1.82) is 0 Å². The number of amides is 1. The highest BCUT2D eigenvalue weighted by Crippen LogP contribution is 2.50. The highest BCUT2D eigenvalue weighted by atomic mass is 32.2. The third-order valence-electron chi connectivity index (χ3n) is 6.54. The summed E-state index contributed by atoms with van der Waals surface area (Å²) in [5.74, 6) is -0.173. The second-order valence-corrected chi connectivity index (χ2v) is 9.80. The number of hydrogen-bond donors (Lipinski definition) is 0. The maximum absolute atomic E-state index is 13.5. The van der Waals surface area contributed by atoms with E-state index < -0.39 is 0 Å². The number of halogens is 1. The van der Waals surface area contributed by atoms with Crippen LogP contribution in [0.4, 0.5) is 10.1 Å². The standard InChI is InChI=1S/C26H25FN2OS/c1-18-15-19(11-14-28-18)25(30)29-17-26(12-3-2-4-13-26)23-16-22(9-10-24(23)29)31-21-7-5-20(27)6-8-21/h5-11,14-16H,2-4,12-13,17H2,1H3. The summed E-state index contributed by atoms with van der Waals surface area (Å²) in [5.41, 5.74) is 3.90. The molecular formula is C26H25FN2OS. The van der Waals surface area contributed by atoms with Crippen LogP contribution in [0.1, 0.15) is 53.7 Å². The van der Waals surface area contributed by atoms with Gasteiger partial charge in [-0.15, -0.1) is 0 Å². The SMILES string of the molecule is Cc1cc(C(=O)N2CC3(CCCCC3)c3cc(Sc4ccc(F)cc4)ccc32)ccn1. The molecule has 1 aromatic heterocycles. The van der Waals surface area contributed by atoms with Crippen LogP contribution in [0.5, 0.6) is 0 Å². The first-order valence-corrected chi connectivity index (χ1v) is 11.7. The minimum absolute atomic E-state index is 0.0324. The molecule has 1 saturated carbocycles. The van der Waals surface area contributed by atoms with Gasteiger partial charge in [-0.1, -0.05) is 31.0 Å². The van der Waals surface area contributed by atoms with Crippen LogP contribution >= 0.6 is 11.8 Å². The van der Waals surface area contributed by atoms with Gasteiger partial charge in [-0.3, -0.25) is 9.78 Å². The van der Waals surface area contributed by atoms with Crippen LogP contribution in [0.15, 0.2) is 70.6 Å². The second-order valence-electron chi connectivity index (χ2n) is 8.65. The molecule has 5 heteroatoms. The number of anilines is 1. The van der Waals surface area contributed by atoms with Crippen molar-refractivity contribution in [2.24, 2.45) is 0 Å². The highest BCUT2D eigenvalue weighted by Gasteiger charge is 2.45. The molecule has 1 aliphatic carbocycles. The third-order valence-corrected chi connectivity index (χ3v) is 7.54. The Morgan fingerprint density at radius 3 is 2.48 bits per heavy atom. The zero-order chi connectivity index (χ0) is 21.4. The molecular weight excluding hydrogens is 407 g/mol. The lowest BCUT2D eigenvalue weighted by Crippen LogP contribution is -2.38. The van der Waals surface area contributed by atoms with Gasteiger partial charge >= 0.3 is 0 Å². The van der Waals surface area contributed by atoms with Crippen molar-refractivity contribution in [3.8, 4) is 0 Å². The van der Waals surface area contributed by atoms with Crippen molar-refractivity contribution < 1.29 is 9.18 Å². The molecule has 158 valence electrons. The predicted octanol–water partition coefficient (Wildman–Crippen LogP) is 6.54. The smallest absolute Gasteiger partial charge is 0.258 e. The number of hydrogen-bond acceptors (Lipinski definition) is 3. The van der Waals surface area contributed by atoms with Gasteiger partial charge in [-0.05, 0) is 79.9 Å². The number of carbonyl (C=O) groups is 1. The van der Waals surface area contributed by atoms with Crippen molar-refractivity contribution in [3.63, 3.8) is 0 Å². The van der Waals surface area contributed by atoms with Crippen LogP contribution < -0.4 is 4.90 Å². The molecule has 3 nitrogen and oxygen atoms in total. The van der Waals surface area contributed by atoms with Gasteiger partial charge in [0, 0.05) is 44.9 Å². The van der Waals surface area contributed by atoms with Gasteiger partial charge in [-0.2, -0.15) is 0 Å². The monoisotopic (exact) mass is 432 g/mol. The van der Waals surface area contributed by atoms with Gasteiger partial charge < -0.3 is 4.90 Å². The Balaban J connectivity index is 1.52. The summed E-state index contributed by atoms with van der Waals surface area (Å²) in [7, 11) is 0. The van der Waals surface area contributed by atoms with Crippen LogP contribution in [0.25, 0.3) is 0 Å². The fraction of sp³-hybridized carbons (Fsp3) is 0.308. The number of carbonyl (C=O) groups excluding carboxylic acids is 1. The second kappa shape index (κ2) is 8.12. The number of aryl methyl sites for hydroxylation is 1. The molecule has 2 aliphatic rings. The lowest BCUT2D eigenvalue weighted by Gasteiger charge is -2.34. The Morgan fingerprint density at radius 2 is 1.74 bits per heavy atom. The molecule has 0 radical (unpaired) electrons. The molecule has 2 aromatic carbocycles. The van der Waals surface area contributed by atoms with Gasteiger partial charge in [0.15, 0.2) is 0 Å². The molecule has 1 spiro atoms. The van der Waals surface area contributed by atoms with Gasteiger partial charge in [0.2, 0.25) is 0 Å². The number of benzene rings is 2. The van der Waals surface area contributed by atoms with E-state index in [1.807, 2.05) is 30.0 Å². The Hall–Kier alpha value is -2.66. The molecule has 1 fully saturated rings. The Labute approximate surface area is 186 Å². The van der Waals surface area contributed by atoms with E-state index in [0.717, 1.165) is 40.6 Å². The number of rotatable bonds is 3. The molecule has 0 saturated heterocycles. The summed E-state index contributed by atoms with van der Waals surface area (Å²) >= 11 is 1.64. The first-order chi connectivity index (χ1) is 15.0. The molecule has 2 heterocycles. The van der Waals surface area contributed by atoms with E-state index in [1.54, 1.807) is 24.0 Å². The van der Waals surface area contributed by atoms with Crippen LogP contribution in [-0.2, 0) is 5.41 Å². The summed E-state index contributed by atoms with van der Waals surface area (Å²) in [5, 5.41) is 0. The maximum Gasteiger partial charge on any atom is 0.258 e. The fourth-order valence-corrected chi connectivity index (χ4v) is 5.88. The topological polar surface area (TPSA) is 33.2 Å². The van der Waals surface area contributed by atoms with Gasteiger partial charge in [0.1, 0.15) is 5.82 Å². The minimum atomic E-state index is -0.222. The molecule has 0 atom stereocenters. The average molecular weight is 433 g/mol. The molecule has 0 unspecified atom stereocenters. The molecule has 1 aliphatic heterocycles. The zero-order valence-electron chi connectivity index (χ0n) is 17.6. The summed E-state index contributed by atoms with van der Waals surface area (Å²) in [6.45, 7) is 2.66. The largest absolute Gasteiger partial charge is 0.307 e. The van der Waals surface area contributed by atoms with Crippen molar-refractivity contribution in [2.75, 3.05) is 11.4 Å². The van der Waals surface area contributed by atoms with Crippen LogP contribution in [0.3, 0.4) is 0 Å². The average Bonchev–Trinajstić information content (AvgIpc) is 3.08. The fourth-order valence-electron chi connectivity index (χ4n) is 5.02. The quantitative estimate of drug-likeness (QED) is 0.471. The van der Waals surface area contributed by atoms with Gasteiger partial charge in [0.25, 0.3) is 5.91 Å². The summed E-state index contributed by atoms with van der Waals surface area (Å²) < 4.78 is 13.3. The Bertz CT molecular complexity index is 1120. The van der Waals surface area contributed by atoms with E-state index in [0.29, 0.717) is 5.56 Å². The normalized spacial score (nSPS) is 17.0. The molecule has 31 heavy (non-hydrogen) atoms. The van der Waals surface area contributed by atoms with Crippen molar-refractivity contribution in [3.05, 3.63) is 83.4 Å². The molecule has 0 bridgehead atoms.